The lowest BCUT2D eigenvalue weighted by atomic mass is 10.3. The Bertz CT molecular complexity index is 468. The quantitative estimate of drug-likeness (QED) is 0.818. The van der Waals surface area contributed by atoms with E-state index in [2.05, 4.69) is 10.1 Å². The van der Waals surface area contributed by atoms with Crippen LogP contribution in [0.25, 0.3) is 0 Å². The van der Waals surface area contributed by atoms with Gasteiger partial charge in [-0.15, -0.1) is 0 Å². The van der Waals surface area contributed by atoms with Gasteiger partial charge in [-0.05, 0) is 6.07 Å². The topological polar surface area (TPSA) is 73.1 Å². The molecule has 0 aromatic carbocycles. The number of halogens is 4. The maximum atomic E-state index is 13.0. The Kier molecular flexibility index (Phi) is 3.22. The number of alkyl halides is 2. The van der Waals surface area contributed by atoms with Crippen molar-refractivity contribution in [3.05, 3.63) is 22.7 Å². The molecule has 0 saturated carbocycles. The summed E-state index contributed by atoms with van der Waals surface area (Å²) in [5.74, 6) is -1.64. The highest BCUT2D eigenvalue weighted by Crippen LogP contribution is 2.27. The van der Waals surface area contributed by atoms with Gasteiger partial charge in [0.1, 0.15) is 5.69 Å². The van der Waals surface area contributed by atoms with Gasteiger partial charge in [0.25, 0.3) is 6.43 Å². The molecule has 1 aromatic heterocycles. The van der Waals surface area contributed by atoms with Crippen molar-refractivity contribution in [3.8, 4) is 0 Å². The first-order chi connectivity index (χ1) is 6.73. The normalized spacial score (nSPS) is 12.1. The fraction of sp³-hybridized carbons (Fsp3) is 0.167. The molecule has 2 N–H and O–H groups in total. The minimum atomic E-state index is -4.42. The Morgan fingerprint density at radius 2 is 2.00 bits per heavy atom. The van der Waals surface area contributed by atoms with Gasteiger partial charge in [-0.25, -0.2) is 27.3 Å². The van der Waals surface area contributed by atoms with E-state index >= 15 is 0 Å². The lowest BCUT2D eigenvalue weighted by molar-refractivity contribution is 0.144. The van der Waals surface area contributed by atoms with Crippen LogP contribution in [0.4, 0.5) is 13.2 Å². The standard InChI is InChI=1S/C6H4ClF3N2O2S/c7-2-1-3(5(8)9)12-6(10)4(2)15(11,13)14/h1,5H,(H2,11,13,14). The summed E-state index contributed by atoms with van der Waals surface area (Å²) in [5.41, 5.74) is -0.954. The maximum Gasteiger partial charge on any atom is 0.280 e. The summed E-state index contributed by atoms with van der Waals surface area (Å²) in [7, 11) is -4.42. The van der Waals surface area contributed by atoms with Gasteiger partial charge < -0.3 is 0 Å². The molecule has 1 rings (SSSR count). The first-order valence-electron chi connectivity index (χ1n) is 3.40. The summed E-state index contributed by atoms with van der Waals surface area (Å²) in [6.45, 7) is 0. The van der Waals surface area contributed by atoms with E-state index < -0.39 is 38.0 Å². The molecule has 0 amide bonds. The fourth-order valence-electron chi connectivity index (χ4n) is 0.855. The van der Waals surface area contributed by atoms with Gasteiger partial charge in [-0.2, -0.15) is 4.39 Å². The first-order valence-corrected chi connectivity index (χ1v) is 5.33. The van der Waals surface area contributed by atoms with Crippen LogP contribution in [0.3, 0.4) is 0 Å². The number of sulfonamides is 1. The number of aromatic nitrogens is 1. The summed E-state index contributed by atoms with van der Waals surface area (Å²) in [4.78, 5) is 1.65. The average molecular weight is 261 g/mol. The van der Waals surface area contributed by atoms with Crippen LogP contribution < -0.4 is 5.14 Å². The van der Waals surface area contributed by atoms with Crippen LogP contribution in [0, 0.1) is 5.95 Å². The molecule has 84 valence electrons. The zero-order valence-corrected chi connectivity index (χ0v) is 8.49. The lowest BCUT2D eigenvalue weighted by Gasteiger charge is -2.05. The number of rotatable bonds is 2. The molecule has 4 nitrogen and oxygen atoms in total. The second-order valence-electron chi connectivity index (χ2n) is 2.49. The highest BCUT2D eigenvalue weighted by atomic mass is 35.5. The van der Waals surface area contributed by atoms with E-state index in [-0.39, 0.29) is 0 Å². The lowest BCUT2D eigenvalue weighted by Crippen LogP contribution is -2.16. The van der Waals surface area contributed by atoms with Crippen LogP contribution in [-0.4, -0.2) is 13.4 Å². The number of pyridine rings is 1. The van der Waals surface area contributed by atoms with E-state index in [1.807, 2.05) is 0 Å². The van der Waals surface area contributed by atoms with E-state index in [0.29, 0.717) is 6.07 Å². The SMILES string of the molecule is NS(=O)(=O)c1c(Cl)cc(C(F)F)nc1F. The molecular formula is C6H4ClF3N2O2S. The highest BCUT2D eigenvalue weighted by molar-refractivity contribution is 7.89. The van der Waals surface area contributed by atoms with Crippen molar-refractivity contribution < 1.29 is 21.6 Å². The van der Waals surface area contributed by atoms with Crippen LogP contribution >= 0.6 is 11.6 Å². The van der Waals surface area contributed by atoms with Crippen molar-refractivity contribution in [2.75, 3.05) is 0 Å². The van der Waals surface area contributed by atoms with E-state index in [9.17, 15) is 21.6 Å². The molecular weight excluding hydrogens is 257 g/mol. The number of hydrogen-bond donors (Lipinski definition) is 1. The summed E-state index contributed by atoms with van der Waals surface area (Å²) >= 11 is 5.29. The van der Waals surface area contributed by atoms with Crippen molar-refractivity contribution in [2.24, 2.45) is 5.14 Å². The molecule has 1 heterocycles. The van der Waals surface area contributed by atoms with Gasteiger partial charge in [0.15, 0.2) is 4.90 Å². The van der Waals surface area contributed by atoms with Gasteiger partial charge in [0.2, 0.25) is 16.0 Å². The second kappa shape index (κ2) is 3.95. The van der Waals surface area contributed by atoms with E-state index in [0.717, 1.165) is 0 Å². The summed E-state index contributed by atoms with van der Waals surface area (Å²) in [6.07, 6.45) is -3.05. The van der Waals surface area contributed by atoms with Gasteiger partial charge >= 0.3 is 0 Å². The Morgan fingerprint density at radius 1 is 1.47 bits per heavy atom. The van der Waals surface area contributed by atoms with Crippen LogP contribution in [0.15, 0.2) is 11.0 Å². The van der Waals surface area contributed by atoms with Gasteiger partial charge in [-0.1, -0.05) is 11.6 Å². The highest BCUT2D eigenvalue weighted by Gasteiger charge is 2.23. The van der Waals surface area contributed by atoms with Gasteiger partial charge in [-0.3, -0.25) is 0 Å². The minimum Gasteiger partial charge on any atom is -0.224 e. The second-order valence-corrected chi connectivity index (χ2v) is 4.40. The zero-order valence-electron chi connectivity index (χ0n) is 6.92. The fourth-order valence-corrected chi connectivity index (χ4v) is 1.98. The van der Waals surface area contributed by atoms with Crippen molar-refractivity contribution in [1.82, 2.24) is 4.98 Å². The maximum absolute atomic E-state index is 13.0. The van der Waals surface area contributed by atoms with Crippen molar-refractivity contribution in [3.63, 3.8) is 0 Å². The van der Waals surface area contributed by atoms with E-state index in [1.165, 1.54) is 0 Å². The Morgan fingerprint density at radius 3 is 2.33 bits per heavy atom. The molecule has 15 heavy (non-hydrogen) atoms. The van der Waals surface area contributed by atoms with Crippen molar-refractivity contribution in [2.45, 2.75) is 11.3 Å². The molecule has 0 saturated heterocycles. The Balaban J connectivity index is 3.48. The number of primary sulfonamides is 1. The predicted octanol–water partition coefficient (Wildman–Crippen LogP) is 1.46. The van der Waals surface area contributed by atoms with Crippen LogP contribution in [0.5, 0.6) is 0 Å². The van der Waals surface area contributed by atoms with Crippen molar-refractivity contribution >= 4 is 21.6 Å². The molecule has 0 bridgehead atoms. The van der Waals surface area contributed by atoms with Crippen molar-refractivity contribution in [1.29, 1.82) is 0 Å². The summed E-state index contributed by atoms with van der Waals surface area (Å²) < 4.78 is 58.7. The summed E-state index contributed by atoms with van der Waals surface area (Å²) in [5, 5.41) is 3.88. The molecule has 0 radical (unpaired) electrons. The molecule has 0 aliphatic rings. The van der Waals surface area contributed by atoms with Gasteiger partial charge in [0, 0.05) is 0 Å². The first kappa shape index (κ1) is 12.2. The predicted molar refractivity (Wildman–Crippen MR) is 45.5 cm³/mol. The van der Waals surface area contributed by atoms with E-state index in [1.54, 1.807) is 0 Å². The molecule has 1 aromatic rings. The third-order valence-corrected chi connectivity index (χ3v) is 2.78. The third kappa shape index (κ3) is 2.58. The largest absolute Gasteiger partial charge is 0.280 e. The average Bonchev–Trinajstić information content (AvgIpc) is 1.99. The van der Waals surface area contributed by atoms with Crippen LogP contribution in [0.1, 0.15) is 12.1 Å². The Labute approximate surface area is 87.9 Å². The van der Waals surface area contributed by atoms with E-state index in [4.69, 9.17) is 11.6 Å². The molecule has 0 unspecified atom stereocenters. The minimum absolute atomic E-state index is 0.551. The summed E-state index contributed by atoms with van der Waals surface area (Å²) in [6, 6.07) is 0.551. The Hall–Kier alpha value is -0.860. The van der Waals surface area contributed by atoms with Gasteiger partial charge in [0.05, 0.1) is 5.02 Å². The molecule has 0 atom stereocenters. The third-order valence-electron chi connectivity index (χ3n) is 1.41. The molecule has 0 spiro atoms. The van der Waals surface area contributed by atoms with Crippen LogP contribution in [-0.2, 0) is 10.0 Å². The smallest absolute Gasteiger partial charge is 0.224 e. The number of hydrogen-bond acceptors (Lipinski definition) is 3. The molecule has 0 fully saturated rings. The molecule has 9 heteroatoms. The molecule has 0 aliphatic heterocycles. The molecule has 0 aliphatic carbocycles. The van der Waals surface area contributed by atoms with Crippen LogP contribution in [0.2, 0.25) is 5.02 Å². The zero-order chi connectivity index (χ0) is 11.8. The monoisotopic (exact) mass is 260 g/mol. The number of nitrogens with zero attached hydrogens (tertiary/aromatic N) is 1. The number of nitrogens with two attached hydrogens (primary N) is 1.